The van der Waals surface area contributed by atoms with Crippen molar-refractivity contribution in [2.45, 2.75) is 19.4 Å². The normalized spacial score (nSPS) is 22.0. The van der Waals surface area contributed by atoms with E-state index in [4.69, 9.17) is 10.5 Å². The van der Waals surface area contributed by atoms with Crippen LogP contribution < -0.4 is 11.1 Å². The summed E-state index contributed by atoms with van der Waals surface area (Å²) in [6, 6.07) is 0.313. The minimum atomic E-state index is 0.313. The molecule has 0 bridgehead atoms. The number of aromatic nitrogens is 2. The number of hydrogen-bond donors (Lipinski definition) is 2. The highest BCUT2D eigenvalue weighted by atomic mass is 79.9. The summed E-state index contributed by atoms with van der Waals surface area (Å²) < 4.78 is 6.08. The van der Waals surface area contributed by atoms with Crippen LogP contribution in [-0.2, 0) is 4.74 Å². The molecule has 1 aliphatic rings. The predicted molar refractivity (Wildman–Crippen MR) is 66.2 cm³/mol. The summed E-state index contributed by atoms with van der Waals surface area (Å²) >= 11 is 3.37. The summed E-state index contributed by atoms with van der Waals surface area (Å²) in [6.07, 6.45) is 2.55. The second-order valence-corrected chi connectivity index (χ2v) is 4.77. The molecular weight excluding hydrogens is 272 g/mol. The Labute approximate surface area is 103 Å². The Balaban J connectivity index is 2.05. The molecule has 0 saturated carbocycles. The Hall–Kier alpha value is -0.880. The van der Waals surface area contributed by atoms with Crippen LogP contribution in [0.25, 0.3) is 0 Å². The monoisotopic (exact) mass is 286 g/mol. The van der Waals surface area contributed by atoms with E-state index in [1.807, 2.05) is 0 Å². The fourth-order valence-electron chi connectivity index (χ4n) is 1.76. The first-order valence-electron chi connectivity index (χ1n) is 5.28. The lowest BCUT2D eigenvalue weighted by atomic mass is 10.0. The third-order valence-corrected chi connectivity index (χ3v) is 3.63. The standard InChI is InChI=1S/C10H15BrN4O/c1-6(7-2-3-16-4-7)15-10-8(11)9(12)13-5-14-10/h5-7H,2-4H2,1H3,(H3,12,13,14,15). The molecule has 1 saturated heterocycles. The number of nitrogens with zero attached hydrogens (tertiary/aromatic N) is 2. The average molecular weight is 287 g/mol. The van der Waals surface area contributed by atoms with Crippen molar-refractivity contribution in [2.75, 3.05) is 24.3 Å². The molecule has 2 rings (SSSR count). The van der Waals surface area contributed by atoms with Gasteiger partial charge in [-0.15, -0.1) is 0 Å². The number of anilines is 2. The molecule has 88 valence electrons. The molecule has 2 unspecified atom stereocenters. The third-order valence-electron chi connectivity index (χ3n) is 2.85. The Morgan fingerprint density at radius 2 is 2.44 bits per heavy atom. The first-order chi connectivity index (χ1) is 7.68. The molecule has 2 atom stereocenters. The molecule has 1 aromatic rings. The van der Waals surface area contributed by atoms with Crippen LogP contribution in [0.15, 0.2) is 10.8 Å². The Morgan fingerprint density at radius 3 is 3.12 bits per heavy atom. The molecule has 5 nitrogen and oxygen atoms in total. The molecule has 16 heavy (non-hydrogen) atoms. The van der Waals surface area contributed by atoms with Gasteiger partial charge in [0.15, 0.2) is 0 Å². The van der Waals surface area contributed by atoms with Crippen molar-refractivity contribution in [3.05, 3.63) is 10.8 Å². The largest absolute Gasteiger partial charge is 0.383 e. The van der Waals surface area contributed by atoms with E-state index in [1.165, 1.54) is 6.33 Å². The summed E-state index contributed by atoms with van der Waals surface area (Å²) in [5.74, 6) is 1.72. The Kier molecular flexibility index (Phi) is 3.60. The predicted octanol–water partition coefficient (Wildman–Crippen LogP) is 1.66. The van der Waals surface area contributed by atoms with Crippen LogP contribution in [0.5, 0.6) is 0 Å². The quantitative estimate of drug-likeness (QED) is 0.884. The van der Waals surface area contributed by atoms with Crippen LogP contribution in [0, 0.1) is 5.92 Å². The van der Waals surface area contributed by atoms with Gasteiger partial charge < -0.3 is 15.8 Å². The summed E-state index contributed by atoms with van der Waals surface area (Å²) in [6.45, 7) is 3.79. The van der Waals surface area contributed by atoms with Gasteiger partial charge in [-0.3, -0.25) is 0 Å². The number of hydrogen-bond acceptors (Lipinski definition) is 5. The number of rotatable bonds is 3. The minimum absolute atomic E-state index is 0.313. The van der Waals surface area contributed by atoms with Gasteiger partial charge >= 0.3 is 0 Å². The number of nitrogens with two attached hydrogens (primary N) is 1. The zero-order valence-electron chi connectivity index (χ0n) is 9.11. The van der Waals surface area contributed by atoms with Gasteiger partial charge in [0.25, 0.3) is 0 Å². The van der Waals surface area contributed by atoms with E-state index in [9.17, 15) is 0 Å². The lowest BCUT2D eigenvalue weighted by molar-refractivity contribution is 0.183. The fraction of sp³-hybridized carbons (Fsp3) is 0.600. The maximum absolute atomic E-state index is 5.69. The first kappa shape index (κ1) is 11.6. The van der Waals surface area contributed by atoms with Crippen molar-refractivity contribution in [1.29, 1.82) is 0 Å². The zero-order valence-corrected chi connectivity index (χ0v) is 10.7. The van der Waals surface area contributed by atoms with Gasteiger partial charge in [0.05, 0.1) is 6.61 Å². The molecule has 1 fully saturated rings. The smallest absolute Gasteiger partial charge is 0.146 e. The highest BCUT2D eigenvalue weighted by molar-refractivity contribution is 9.10. The first-order valence-corrected chi connectivity index (χ1v) is 6.08. The summed E-state index contributed by atoms with van der Waals surface area (Å²) in [5.41, 5.74) is 5.69. The molecule has 1 aromatic heterocycles. The zero-order chi connectivity index (χ0) is 11.5. The maximum atomic E-state index is 5.69. The van der Waals surface area contributed by atoms with Crippen molar-refractivity contribution in [1.82, 2.24) is 9.97 Å². The topological polar surface area (TPSA) is 73.1 Å². The van der Waals surface area contributed by atoms with E-state index in [0.717, 1.165) is 29.9 Å². The lowest BCUT2D eigenvalue weighted by Gasteiger charge is -2.20. The Morgan fingerprint density at radius 1 is 1.62 bits per heavy atom. The Bertz CT molecular complexity index is 368. The molecule has 0 aromatic carbocycles. The summed E-state index contributed by atoms with van der Waals surface area (Å²) in [7, 11) is 0. The molecular formula is C10H15BrN4O. The van der Waals surface area contributed by atoms with Crippen LogP contribution in [-0.4, -0.2) is 29.2 Å². The van der Waals surface area contributed by atoms with Crippen molar-refractivity contribution in [3.8, 4) is 0 Å². The van der Waals surface area contributed by atoms with Crippen molar-refractivity contribution in [2.24, 2.45) is 5.92 Å². The van der Waals surface area contributed by atoms with Crippen LogP contribution in [0.2, 0.25) is 0 Å². The average Bonchev–Trinajstić information content (AvgIpc) is 2.78. The van der Waals surface area contributed by atoms with Gasteiger partial charge in [0.2, 0.25) is 0 Å². The van der Waals surface area contributed by atoms with Gasteiger partial charge in [0.1, 0.15) is 22.4 Å². The van der Waals surface area contributed by atoms with E-state index < -0.39 is 0 Å². The number of nitrogen functional groups attached to an aromatic ring is 1. The van der Waals surface area contributed by atoms with Gasteiger partial charge in [0, 0.05) is 18.6 Å². The van der Waals surface area contributed by atoms with Crippen LogP contribution in [0.1, 0.15) is 13.3 Å². The summed E-state index contributed by atoms with van der Waals surface area (Å²) in [4.78, 5) is 8.06. The van der Waals surface area contributed by atoms with Gasteiger partial charge in [-0.25, -0.2) is 9.97 Å². The van der Waals surface area contributed by atoms with Gasteiger partial charge in [-0.1, -0.05) is 0 Å². The second-order valence-electron chi connectivity index (χ2n) is 3.98. The molecule has 3 N–H and O–H groups in total. The minimum Gasteiger partial charge on any atom is -0.383 e. The van der Waals surface area contributed by atoms with Crippen molar-refractivity contribution in [3.63, 3.8) is 0 Å². The van der Waals surface area contributed by atoms with Gasteiger partial charge in [-0.2, -0.15) is 0 Å². The molecule has 0 aliphatic carbocycles. The van der Waals surface area contributed by atoms with E-state index in [2.05, 4.69) is 38.1 Å². The number of nitrogens with one attached hydrogen (secondary N) is 1. The highest BCUT2D eigenvalue weighted by Crippen LogP contribution is 2.26. The second kappa shape index (κ2) is 4.97. The van der Waals surface area contributed by atoms with Crippen LogP contribution in [0.4, 0.5) is 11.6 Å². The van der Waals surface area contributed by atoms with Crippen molar-refractivity contribution < 1.29 is 4.74 Å². The lowest BCUT2D eigenvalue weighted by Crippen LogP contribution is -2.26. The van der Waals surface area contributed by atoms with Crippen LogP contribution >= 0.6 is 15.9 Å². The van der Waals surface area contributed by atoms with Gasteiger partial charge in [-0.05, 0) is 29.3 Å². The maximum Gasteiger partial charge on any atom is 0.146 e. The molecule has 6 heteroatoms. The molecule has 2 heterocycles. The van der Waals surface area contributed by atoms with E-state index in [0.29, 0.717) is 17.8 Å². The fourth-order valence-corrected chi connectivity index (χ4v) is 2.08. The van der Waals surface area contributed by atoms with E-state index in [-0.39, 0.29) is 0 Å². The van der Waals surface area contributed by atoms with E-state index >= 15 is 0 Å². The molecule has 0 amide bonds. The highest BCUT2D eigenvalue weighted by Gasteiger charge is 2.23. The van der Waals surface area contributed by atoms with Crippen LogP contribution in [0.3, 0.4) is 0 Å². The van der Waals surface area contributed by atoms with E-state index in [1.54, 1.807) is 0 Å². The summed E-state index contributed by atoms with van der Waals surface area (Å²) in [5, 5.41) is 3.33. The van der Waals surface area contributed by atoms with Crippen molar-refractivity contribution >= 4 is 27.6 Å². The molecule has 0 spiro atoms. The SMILES string of the molecule is CC(Nc1ncnc(N)c1Br)C1CCOC1. The molecule has 1 aliphatic heterocycles. The number of ether oxygens (including phenoxy) is 1. The third kappa shape index (κ3) is 2.44. The molecule has 0 radical (unpaired) electrons. The number of halogens is 1.